The van der Waals surface area contributed by atoms with Crippen LogP contribution in [0.1, 0.15) is 60.7 Å². The van der Waals surface area contributed by atoms with Crippen LogP contribution in [0.5, 0.6) is 5.88 Å². The Hall–Kier alpha value is -3.27. The highest BCUT2D eigenvalue weighted by Gasteiger charge is 2.48. The molecule has 2 aromatic heterocycles. The van der Waals surface area contributed by atoms with Crippen molar-refractivity contribution in [2.24, 2.45) is 7.05 Å². The van der Waals surface area contributed by atoms with E-state index < -0.39 is 23.5 Å². The average molecular weight is 565 g/mol. The number of nitrogens with zero attached hydrogens (tertiary/aromatic N) is 3. The summed E-state index contributed by atoms with van der Waals surface area (Å²) in [6.45, 7) is 3.44. The van der Waals surface area contributed by atoms with E-state index in [1.807, 2.05) is 6.07 Å². The van der Waals surface area contributed by atoms with Gasteiger partial charge in [0.2, 0.25) is 5.88 Å². The number of hydrogen-bond acceptors (Lipinski definition) is 5. The van der Waals surface area contributed by atoms with E-state index in [4.69, 9.17) is 16.3 Å². The van der Waals surface area contributed by atoms with Crippen LogP contribution in [0.3, 0.4) is 0 Å². The number of fused-ring (bicyclic) bond motifs is 1. The van der Waals surface area contributed by atoms with Gasteiger partial charge >= 0.3 is 12.1 Å². The van der Waals surface area contributed by atoms with Gasteiger partial charge in [-0.3, -0.25) is 4.79 Å². The number of aryl methyl sites for hydroxylation is 2. The first-order valence-electron chi connectivity index (χ1n) is 12.8. The number of pyridine rings is 1. The molecule has 0 radical (unpaired) electrons. The first-order chi connectivity index (χ1) is 18.3. The van der Waals surface area contributed by atoms with Gasteiger partial charge < -0.3 is 15.2 Å². The number of carboxylic acid groups (broad SMARTS) is 1. The molecule has 1 aliphatic heterocycles. The van der Waals surface area contributed by atoms with Gasteiger partial charge in [0, 0.05) is 36.8 Å². The van der Waals surface area contributed by atoms with Crippen molar-refractivity contribution in [2.45, 2.75) is 63.5 Å². The summed E-state index contributed by atoms with van der Waals surface area (Å²) in [6, 6.07) is 10.0. The summed E-state index contributed by atoms with van der Waals surface area (Å²) in [7, 11) is 1.72. The molecule has 0 spiro atoms. The second kappa shape index (κ2) is 11.5. The Labute approximate surface area is 230 Å². The molecule has 3 aromatic rings. The van der Waals surface area contributed by atoms with E-state index in [0.717, 1.165) is 44.7 Å². The predicted molar refractivity (Wildman–Crippen MR) is 143 cm³/mol. The maximum atomic E-state index is 13.7. The van der Waals surface area contributed by atoms with Crippen LogP contribution in [0, 0.1) is 0 Å². The largest absolute Gasteiger partial charge is 0.481 e. The van der Waals surface area contributed by atoms with E-state index in [1.54, 1.807) is 17.8 Å². The number of ether oxygens (including phenoxy) is 1. The average Bonchev–Trinajstić information content (AvgIpc) is 3.20. The number of aromatic nitrogens is 3. The van der Waals surface area contributed by atoms with Crippen molar-refractivity contribution in [2.75, 3.05) is 18.5 Å². The molecule has 1 aromatic carbocycles. The smallest absolute Gasteiger partial charge is 0.397 e. The van der Waals surface area contributed by atoms with E-state index in [1.165, 1.54) is 23.8 Å². The van der Waals surface area contributed by atoms with Crippen LogP contribution in [-0.4, -0.2) is 45.2 Å². The van der Waals surface area contributed by atoms with Gasteiger partial charge in [0.1, 0.15) is 5.82 Å². The van der Waals surface area contributed by atoms with E-state index in [0.29, 0.717) is 30.2 Å². The normalized spacial score (nSPS) is 14.4. The van der Waals surface area contributed by atoms with Crippen LogP contribution in [0.25, 0.3) is 0 Å². The Kier molecular flexibility index (Phi) is 8.44. The Bertz CT molecular complexity index is 1340. The molecule has 1 unspecified atom stereocenters. The zero-order valence-corrected chi connectivity index (χ0v) is 22.9. The third-order valence-corrected chi connectivity index (χ3v) is 7.36. The molecule has 210 valence electrons. The van der Waals surface area contributed by atoms with E-state index in [9.17, 15) is 23.1 Å². The number of anilines is 1. The number of alkyl halides is 3. The molecule has 0 bridgehead atoms. The fraction of sp³-hybridized carbons (Fsp3) is 0.464. The zero-order valence-electron chi connectivity index (χ0n) is 22.1. The number of carboxylic acids is 1. The molecular weight excluding hydrogens is 533 g/mol. The van der Waals surface area contributed by atoms with E-state index in [-0.39, 0.29) is 23.4 Å². The molecule has 1 aliphatic rings. The number of nitrogens with one attached hydrogen (secondary N) is 1. The maximum absolute atomic E-state index is 13.7. The number of hydrogen-bond donors (Lipinski definition) is 2. The summed E-state index contributed by atoms with van der Waals surface area (Å²) in [5, 5.41) is 17.4. The predicted octanol–water partition coefficient (Wildman–Crippen LogP) is 6.09. The Balaban J connectivity index is 1.48. The first-order valence-corrected chi connectivity index (χ1v) is 13.2. The number of rotatable bonds is 10. The molecule has 0 amide bonds. The molecule has 0 aliphatic carbocycles. The Morgan fingerprint density at radius 2 is 1.97 bits per heavy atom. The Morgan fingerprint density at radius 1 is 1.21 bits per heavy atom. The number of halogens is 4. The molecule has 4 rings (SSSR count). The van der Waals surface area contributed by atoms with Crippen LogP contribution in [0.2, 0.25) is 5.02 Å². The summed E-state index contributed by atoms with van der Waals surface area (Å²) >= 11 is 6.20. The molecule has 1 atom stereocenters. The maximum Gasteiger partial charge on any atom is 0.397 e. The molecule has 0 saturated carbocycles. The molecule has 0 saturated heterocycles. The van der Waals surface area contributed by atoms with Gasteiger partial charge in [-0.15, -0.1) is 0 Å². The minimum Gasteiger partial charge on any atom is -0.481 e. The second-order valence-corrected chi connectivity index (χ2v) is 10.9. The lowest BCUT2D eigenvalue weighted by Crippen LogP contribution is -2.36. The summed E-state index contributed by atoms with van der Waals surface area (Å²) in [4.78, 5) is 16.3. The van der Waals surface area contributed by atoms with Crippen LogP contribution in [0.15, 0.2) is 36.4 Å². The van der Waals surface area contributed by atoms with E-state index >= 15 is 0 Å². The minimum atomic E-state index is -4.50. The van der Waals surface area contributed by atoms with Gasteiger partial charge in [-0.1, -0.05) is 23.7 Å². The van der Waals surface area contributed by atoms with Gasteiger partial charge in [0.05, 0.1) is 24.1 Å². The Morgan fingerprint density at radius 3 is 2.69 bits per heavy atom. The fourth-order valence-electron chi connectivity index (χ4n) is 4.65. The van der Waals surface area contributed by atoms with Gasteiger partial charge in [-0.05, 0) is 73.9 Å². The molecule has 11 heteroatoms. The zero-order chi connectivity index (χ0) is 28.4. The molecule has 0 fully saturated rings. The minimum absolute atomic E-state index is 0.0241. The molecular formula is C28H32ClF3N4O3. The number of carbonyl (C=O) groups is 1. The van der Waals surface area contributed by atoms with Gasteiger partial charge in [-0.2, -0.15) is 18.3 Å². The first kappa shape index (κ1) is 28.7. The number of benzene rings is 1. The summed E-state index contributed by atoms with van der Waals surface area (Å²) in [5.74, 6) is -0.288. The van der Waals surface area contributed by atoms with Crippen molar-refractivity contribution < 1.29 is 27.8 Å². The number of aliphatic carboxylic acids is 1. The molecule has 7 nitrogen and oxygen atoms in total. The van der Waals surface area contributed by atoms with Crippen molar-refractivity contribution in [3.63, 3.8) is 0 Å². The standard InChI is InChI=1S/C28H32ClF3N4O3/c1-27(2,28(30,31)32)20-11-18(12-21(29)15-20)19(14-25(37)38)13-23-16-24(36(3)35-23)39-10-8-22-7-6-17-5-4-9-33-26(17)34-22/h6-7,11-12,15-16,19H,4-5,8-10,13-14H2,1-3H3,(H,33,34)(H,37,38). The highest BCUT2D eigenvalue weighted by atomic mass is 35.5. The fourth-order valence-corrected chi connectivity index (χ4v) is 4.90. The lowest BCUT2D eigenvalue weighted by Gasteiger charge is -2.29. The van der Waals surface area contributed by atoms with Crippen LogP contribution >= 0.6 is 11.6 Å². The lowest BCUT2D eigenvalue weighted by atomic mass is 9.81. The van der Waals surface area contributed by atoms with Crippen molar-refractivity contribution in [3.05, 3.63) is 69.5 Å². The quantitative estimate of drug-likeness (QED) is 0.310. The van der Waals surface area contributed by atoms with Gasteiger partial charge in [-0.25, -0.2) is 9.67 Å². The summed E-state index contributed by atoms with van der Waals surface area (Å²) in [5.41, 5.74) is 0.917. The van der Waals surface area contributed by atoms with Crippen LogP contribution < -0.4 is 10.1 Å². The second-order valence-electron chi connectivity index (χ2n) is 10.4. The van der Waals surface area contributed by atoms with Gasteiger partial charge in [0.15, 0.2) is 0 Å². The highest BCUT2D eigenvalue weighted by molar-refractivity contribution is 6.30. The van der Waals surface area contributed by atoms with Crippen LogP contribution in [-0.2, 0) is 36.5 Å². The topological polar surface area (TPSA) is 89.3 Å². The lowest BCUT2D eigenvalue weighted by molar-refractivity contribution is -0.180. The molecule has 39 heavy (non-hydrogen) atoms. The van der Waals surface area contributed by atoms with Gasteiger partial charge in [0.25, 0.3) is 0 Å². The molecule has 2 N–H and O–H groups in total. The van der Waals surface area contributed by atoms with E-state index in [2.05, 4.69) is 21.5 Å². The summed E-state index contributed by atoms with van der Waals surface area (Å²) < 4.78 is 48.6. The van der Waals surface area contributed by atoms with Crippen molar-refractivity contribution >= 4 is 23.4 Å². The summed E-state index contributed by atoms with van der Waals surface area (Å²) in [6.07, 6.45) is -1.90. The van der Waals surface area contributed by atoms with Crippen LogP contribution in [0.4, 0.5) is 19.0 Å². The third-order valence-electron chi connectivity index (χ3n) is 7.15. The van der Waals surface area contributed by atoms with Crippen molar-refractivity contribution in [1.82, 2.24) is 14.8 Å². The van der Waals surface area contributed by atoms with Crippen molar-refractivity contribution in [1.29, 1.82) is 0 Å². The van der Waals surface area contributed by atoms with Crippen molar-refractivity contribution in [3.8, 4) is 5.88 Å². The third kappa shape index (κ3) is 6.84. The highest BCUT2D eigenvalue weighted by Crippen LogP contribution is 2.42. The monoisotopic (exact) mass is 564 g/mol. The molecule has 3 heterocycles. The SMILES string of the molecule is Cn1nc(CC(CC(=O)O)c2cc(Cl)cc(C(C)(C)C(F)(F)F)c2)cc1OCCc1ccc2c(n1)NCCC2.